The summed E-state index contributed by atoms with van der Waals surface area (Å²) in [6, 6.07) is 0. The van der Waals surface area contributed by atoms with Gasteiger partial charge in [0.25, 0.3) is 0 Å². The number of carboxylic acid groups (broad SMARTS) is 2. The third-order valence-electron chi connectivity index (χ3n) is 3.83. The second-order valence-corrected chi connectivity index (χ2v) is 6.18. The summed E-state index contributed by atoms with van der Waals surface area (Å²) in [4.78, 5) is 21.2. The Morgan fingerprint density at radius 3 is 1.67 bits per heavy atom. The van der Waals surface area contributed by atoms with Crippen molar-refractivity contribution in [2.75, 3.05) is 13.1 Å². The maximum Gasteiger partial charge on any atom is 0.307 e. The van der Waals surface area contributed by atoms with Gasteiger partial charge in [0, 0.05) is 0 Å². The Bertz CT molecular complexity index is 293. The summed E-state index contributed by atoms with van der Waals surface area (Å²) in [5.41, 5.74) is 10.6. The SMILES string of the molecule is CCCCCCCCC(CC(=O)O)C(=O)O.NCCCCCCN. The first kappa shape index (κ1) is 25.1. The van der Waals surface area contributed by atoms with Crippen LogP contribution >= 0.6 is 0 Å². The first-order valence-electron chi connectivity index (χ1n) is 9.34. The first-order chi connectivity index (χ1) is 11.5. The molecular formula is C18H38N2O4. The average Bonchev–Trinajstić information content (AvgIpc) is 2.54. The van der Waals surface area contributed by atoms with Gasteiger partial charge in [-0.1, -0.05) is 58.3 Å². The van der Waals surface area contributed by atoms with Crippen LogP contribution in [0.15, 0.2) is 0 Å². The van der Waals surface area contributed by atoms with Crippen molar-refractivity contribution in [3.05, 3.63) is 0 Å². The number of rotatable bonds is 15. The minimum atomic E-state index is -1.03. The molecule has 0 radical (unpaired) electrons. The van der Waals surface area contributed by atoms with Crippen LogP contribution in [0.5, 0.6) is 0 Å². The Hall–Kier alpha value is -1.14. The molecule has 0 aromatic heterocycles. The molecule has 1 unspecified atom stereocenters. The second kappa shape index (κ2) is 19.9. The average molecular weight is 347 g/mol. The van der Waals surface area contributed by atoms with Gasteiger partial charge in [-0.05, 0) is 32.4 Å². The quantitative estimate of drug-likeness (QED) is 0.337. The predicted octanol–water partition coefficient (Wildman–Crippen LogP) is 3.38. The van der Waals surface area contributed by atoms with Gasteiger partial charge in [-0.15, -0.1) is 0 Å². The smallest absolute Gasteiger partial charge is 0.307 e. The number of unbranched alkanes of at least 4 members (excludes halogenated alkanes) is 8. The maximum atomic E-state index is 10.7. The van der Waals surface area contributed by atoms with Crippen LogP contribution in [-0.4, -0.2) is 35.2 Å². The number of carbonyl (C=O) groups is 2. The number of carboxylic acids is 2. The Morgan fingerprint density at radius 2 is 1.25 bits per heavy atom. The first-order valence-corrected chi connectivity index (χ1v) is 9.34. The molecule has 1 atom stereocenters. The van der Waals surface area contributed by atoms with E-state index in [1.54, 1.807) is 0 Å². The van der Waals surface area contributed by atoms with Crippen LogP contribution in [0.3, 0.4) is 0 Å². The fraction of sp³-hybridized carbons (Fsp3) is 0.889. The van der Waals surface area contributed by atoms with Crippen molar-refractivity contribution in [1.82, 2.24) is 0 Å². The molecule has 0 saturated carbocycles. The molecule has 0 saturated heterocycles. The summed E-state index contributed by atoms with van der Waals surface area (Å²) in [5, 5.41) is 17.3. The van der Waals surface area contributed by atoms with Crippen LogP contribution in [0, 0.1) is 5.92 Å². The molecule has 6 nitrogen and oxygen atoms in total. The molecule has 0 rings (SSSR count). The highest BCUT2D eigenvalue weighted by Gasteiger charge is 2.19. The second-order valence-electron chi connectivity index (χ2n) is 6.18. The van der Waals surface area contributed by atoms with Crippen molar-refractivity contribution in [1.29, 1.82) is 0 Å². The van der Waals surface area contributed by atoms with Crippen LogP contribution < -0.4 is 11.5 Å². The molecule has 0 aliphatic carbocycles. The Balaban J connectivity index is 0. The van der Waals surface area contributed by atoms with Crippen molar-refractivity contribution in [2.45, 2.75) is 84.0 Å². The van der Waals surface area contributed by atoms with Gasteiger partial charge in [-0.3, -0.25) is 9.59 Å². The number of hydrogen-bond donors (Lipinski definition) is 4. The van der Waals surface area contributed by atoms with Gasteiger partial charge in [-0.25, -0.2) is 0 Å². The molecule has 0 aliphatic rings. The summed E-state index contributed by atoms with van der Waals surface area (Å²) in [5.74, 6) is -2.74. The summed E-state index contributed by atoms with van der Waals surface area (Å²) < 4.78 is 0. The van der Waals surface area contributed by atoms with Gasteiger partial charge in [-0.2, -0.15) is 0 Å². The van der Waals surface area contributed by atoms with Crippen LogP contribution in [0.2, 0.25) is 0 Å². The van der Waals surface area contributed by atoms with E-state index in [0.29, 0.717) is 6.42 Å². The predicted molar refractivity (Wildman–Crippen MR) is 97.9 cm³/mol. The van der Waals surface area contributed by atoms with E-state index in [0.717, 1.165) is 45.2 Å². The molecular weight excluding hydrogens is 308 g/mol. The normalized spacial score (nSPS) is 11.5. The van der Waals surface area contributed by atoms with Gasteiger partial charge in [0.15, 0.2) is 0 Å². The lowest BCUT2D eigenvalue weighted by Gasteiger charge is -2.09. The fourth-order valence-corrected chi connectivity index (χ4v) is 2.34. The van der Waals surface area contributed by atoms with Crippen molar-refractivity contribution in [2.24, 2.45) is 17.4 Å². The molecule has 0 aromatic carbocycles. The lowest BCUT2D eigenvalue weighted by atomic mass is 9.97. The number of hydrogen-bond acceptors (Lipinski definition) is 4. The molecule has 0 bridgehead atoms. The van der Waals surface area contributed by atoms with Gasteiger partial charge < -0.3 is 21.7 Å². The van der Waals surface area contributed by atoms with E-state index in [9.17, 15) is 9.59 Å². The molecule has 0 spiro atoms. The molecule has 6 heteroatoms. The largest absolute Gasteiger partial charge is 0.481 e. The highest BCUT2D eigenvalue weighted by atomic mass is 16.4. The summed E-state index contributed by atoms with van der Waals surface area (Å²) >= 11 is 0. The molecule has 24 heavy (non-hydrogen) atoms. The zero-order valence-electron chi connectivity index (χ0n) is 15.3. The van der Waals surface area contributed by atoms with Crippen LogP contribution in [0.4, 0.5) is 0 Å². The molecule has 0 aromatic rings. The lowest BCUT2D eigenvalue weighted by Crippen LogP contribution is -2.17. The molecule has 0 fully saturated rings. The Kier molecular flexibility index (Phi) is 20.8. The van der Waals surface area contributed by atoms with E-state index in [-0.39, 0.29) is 6.42 Å². The van der Waals surface area contributed by atoms with E-state index in [1.165, 1.54) is 32.1 Å². The molecule has 0 heterocycles. The van der Waals surface area contributed by atoms with E-state index >= 15 is 0 Å². The minimum absolute atomic E-state index is 0.260. The molecule has 0 amide bonds. The Morgan fingerprint density at radius 1 is 0.792 bits per heavy atom. The van der Waals surface area contributed by atoms with Gasteiger partial charge in [0.2, 0.25) is 0 Å². The molecule has 0 aliphatic heterocycles. The van der Waals surface area contributed by atoms with E-state index in [1.807, 2.05) is 0 Å². The molecule has 6 N–H and O–H groups in total. The van der Waals surface area contributed by atoms with Gasteiger partial charge in [0.05, 0.1) is 12.3 Å². The number of nitrogens with two attached hydrogens (primary N) is 2. The van der Waals surface area contributed by atoms with Crippen molar-refractivity contribution >= 4 is 11.9 Å². The third kappa shape index (κ3) is 20.9. The highest BCUT2D eigenvalue weighted by Crippen LogP contribution is 2.15. The monoisotopic (exact) mass is 346 g/mol. The van der Waals surface area contributed by atoms with Crippen LogP contribution in [-0.2, 0) is 9.59 Å². The fourth-order valence-electron chi connectivity index (χ4n) is 2.34. The topological polar surface area (TPSA) is 127 Å². The van der Waals surface area contributed by atoms with E-state index < -0.39 is 17.9 Å². The molecule has 144 valence electrons. The zero-order chi connectivity index (χ0) is 18.6. The van der Waals surface area contributed by atoms with Crippen LogP contribution in [0.1, 0.15) is 84.0 Å². The summed E-state index contributed by atoms with van der Waals surface area (Å²) in [7, 11) is 0. The standard InChI is InChI=1S/C12H22O4.C6H16N2/c1-2-3-4-5-6-7-8-10(12(15)16)9-11(13)14;7-5-3-1-2-4-6-8/h10H,2-9H2,1H3,(H,13,14)(H,15,16);1-8H2. The van der Waals surface area contributed by atoms with Gasteiger partial charge >= 0.3 is 11.9 Å². The summed E-state index contributed by atoms with van der Waals surface area (Å²) in [6.45, 7) is 3.79. The van der Waals surface area contributed by atoms with Crippen molar-refractivity contribution < 1.29 is 19.8 Å². The highest BCUT2D eigenvalue weighted by molar-refractivity contribution is 5.77. The zero-order valence-corrected chi connectivity index (χ0v) is 15.3. The summed E-state index contributed by atoms with van der Waals surface area (Å²) in [6.07, 6.45) is 11.5. The van der Waals surface area contributed by atoms with E-state index in [2.05, 4.69) is 6.92 Å². The third-order valence-corrected chi connectivity index (χ3v) is 3.83. The van der Waals surface area contributed by atoms with Crippen molar-refractivity contribution in [3.8, 4) is 0 Å². The van der Waals surface area contributed by atoms with Crippen LogP contribution in [0.25, 0.3) is 0 Å². The lowest BCUT2D eigenvalue weighted by molar-refractivity contribution is -0.148. The van der Waals surface area contributed by atoms with Crippen molar-refractivity contribution in [3.63, 3.8) is 0 Å². The maximum absolute atomic E-state index is 10.7. The van der Waals surface area contributed by atoms with E-state index in [4.69, 9.17) is 21.7 Å². The minimum Gasteiger partial charge on any atom is -0.481 e. The number of aliphatic carboxylic acids is 2. The van der Waals surface area contributed by atoms with Gasteiger partial charge in [0.1, 0.15) is 0 Å². The Labute approximate surface area is 147 Å².